The third kappa shape index (κ3) is 2.95. The zero-order valence-corrected chi connectivity index (χ0v) is 16.6. The van der Waals surface area contributed by atoms with E-state index in [-0.39, 0.29) is 30.1 Å². The molecule has 6 nitrogen and oxygen atoms in total. The lowest BCUT2D eigenvalue weighted by Gasteiger charge is -2.37. The summed E-state index contributed by atoms with van der Waals surface area (Å²) in [6, 6.07) is 9.88. The van der Waals surface area contributed by atoms with E-state index in [1.54, 1.807) is 0 Å². The molecule has 0 bridgehead atoms. The quantitative estimate of drug-likeness (QED) is 0.595. The molecule has 0 aromatic heterocycles. The largest absolute Gasteiger partial charge is 0.342 e. The van der Waals surface area contributed by atoms with Gasteiger partial charge in [0.2, 0.25) is 5.91 Å². The van der Waals surface area contributed by atoms with Gasteiger partial charge in [0.05, 0.1) is 11.4 Å². The number of allylic oxidation sites excluding steroid dienone is 1. The third-order valence-electron chi connectivity index (χ3n) is 6.63. The number of hydrogen-bond donors (Lipinski definition) is 0. The summed E-state index contributed by atoms with van der Waals surface area (Å²) in [6.45, 7) is 1.65. The number of benzene rings is 1. The molecule has 1 aromatic carbocycles. The summed E-state index contributed by atoms with van der Waals surface area (Å²) in [5, 5.41) is 9.68. The predicted octanol–water partition coefficient (Wildman–Crippen LogP) is 3.06. The zero-order chi connectivity index (χ0) is 19.9. The van der Waals surface area contributed by atoms with Crippen LogP contribution in [0.25, 0.3) is 0 Å². The molecule has 1 spiro atoms. The van der Waals surface area contributed by atoms with Gasteiger partial charge in [-0.05, 0) is 36.8 Å². The van der Waals surface area contributed by atoms with Crippen LogP contribution in [0.4, 0.5) is 11.4 Å². The molecule has 146 valence electrons. The molecule has 0 N–H and O–H groups in total. The first kappa shape index (κ1) is 18.5. The van der Waals surface area contributed by atoms with Crippen LogP contribution in [0.2, 0.25) is 0 Å². The number of Topliss-reactive ketones (excluding diaryl/α,β-unsaturated/α-hetero) is 1. The first-order chi connectivity index (χ1) is 13.5. The van der Waals surface area contributed by atoms with Gasteiger partial charge in [-0.3, -0.25) is 9.59 Å². The highest BCUT2D eigenvalue weighted by Crippen LogP contribution is 2.48. The highest BCUT2D eigenvalue weighted by atomic mass is 16.2. The Morgan fingerprint density at radius 3 is 2.21 bits per heavy atom. The minimum Gasteiger partial charge on any atom is -0.342 e. The van der Waals surface area contributed by atoms with E-state index in [0.29, 0.717) is 11.2 Å². The summed E-state index contributed by atoms with van der Waals surface area (Å²) in [5.41, 5.74) is 2.39. The fourth-order valence-corrected chi connectivity index (χ4v) is 4.79. The highest BCUT2D eigenvalue weighted by Gasteiger charge is 2.44. The van der Waals surface area contributed by atoms with E-state index >= 15 is 0 Å². The van der Waals surface area contributed by atoms with Crippen molar-refractivity contribution in [1.82, 2.24) is 4.90 Å². The second-order valence-electron chi connectivity index (χ2n) is 8.26. The molecule has 1 saturated heterocycles. The van der Waals surface area contributed by atoms with E-state index in [1.165, 1.54) is 19.3 Å². The van der Waals surface area contributed by atoms with E-state index in [2.05, 4.69) is 6.07 Å². The van der Waals surface area contributed by atoms with Crippen LogP contribution < -0.4 is 9.80 Å². The summed E-state index contributed by atoms with van der Waals surface area (Å²) in [4.78, 5) is 31.0. The van der Waals surface area contributed by atoms with Crippen LogP contribution in [0.5, 0.6) is 0 Å². The molecule has 1 saturated carbocycles. The maximum atomic E-state index is 12.8. The summed E-state index contributed by atoms with van der Waals surface area (Å²) in [7, 11) is 3.71. The van der Waals surface area contributed by atoms with Crippen molar-refractivity contribution in [3.8, 4) is 6.07 Å². The van der Waals surface area contributed by atoms with Gasteiger partial charge in [0.15, 0.2) is 5.78 Å². The number of amides is 1. The molecule has 0 unspecified atom stereocenters. The molecule has 2 fully saturated rings. The van der Waals surface area contributed by atoms with E-state index in [0.717, 1.165) is 30.9 Å². The summed E-state index contributed by atoms with van der Waals surface area (Å²) < 4.78 is 0. The van der Waals surface area contributed by atoms with Crippen LogP contribution in [0.15, 0.2) is 35.7 Å². The maximum absolute atomic E-state index is 12.8. The van der Waals surface area contributed by atoms with E-state index < -0.39 is 0 Å². The lowest BCUT2D eigenvalue weighted by atomic mass is 9.68. The molecule has 28 heavy (non-hydrogen) atoms. The Bertz CT molecular complexity index is 863. The second-order valence-corrected chi connectivity index (χ2v) is 8.26. The smallest absolute Gasteiger partial charge is 0.223 e. The summed E-state index contributed by atoms with van der Waals surface area (Å²) in [6.07, 6.45) is 5.05. The highest BCUT2D eigenvalue weighted by molar-refractivity contribution is 6.03. The van der Waals surface area contributed by atoms with Crippen LogP contribution in [0.3, 0.4) is 0 Å². The fraction of sp³-hybridized carbons (Fsp3) is 0.500. The first-order valence-electron chi connectivity index (χ1n) is 9.98. The molecule has 3 aliphatic rings. The number of ketones is 1. The van der Waals surface area contributed by atoms with Crippen molar-refractivity contribution in [3.05, 3.63) is 35.7 Å². The number of para-hydroxylation sites is 2. The molecule has 4 rings (SSSR count). The van der Waals surface area contributed by atoms with Crippen LogP contribution in [0.1, 0.15) is 38.5 Å². The number of carbonyl (C=O) groups is 2. The molecule has 1 aromatic rings. The van der Waals surface area contributed by atoms with E-state index in [1.807, 2.05) is 53.1 Å². The third-order valence-corrected chi connectivity index (χ3v) is 6.63. The van der Waals surface area contributed by atoms with Crippen LogP contribution in [0, 0.1) is 16.7 Å². The Kier molecular flexibility index (Phi) is 4.62. The first-order valence-corrected chi connectivity index (χ1v) is 9.98. The van der Waals surface area contributed by atoms with Crippen molar-refractivity contribution in [2.45, 2.75) is 38.5 Å². The number of likely N-dealkylation sites (tertiary alicyclic amines) is 1. The minimum atomic E-state index is -0.269. The number of anilines is 2. The van der Waals surface area contributed by atoms with Gasteiger partial charge in [0.25, 0.3) is 0 Å². The van der Waals surface area contributed by atoms with Crippen molar-refractivity contribution in [1.29, 1.82) is 5.26 Å². The van der Waals surface area contributed by atoms with Crippen LogP contribution in [-0.4, -0.2) is 43.8 Å². The number of carbonyl (C=O) groups excluding carboxylic acids is 2. The zero-order valence-electron chi connectivity index (χ0n) is 16.6. The normalized spacial score (nSPS) is 19.5. The van der Waals surface area contributed by atoms with Gasteiger partial charge in [0, 0.05) is 40.0 Å². The Morgan fingerprint density at radius 1 is 1.07 bits per heavy atom. The van der Waals surface area contributed by atoms with Gasteiger partial charge in [-0.1, -0.05) is 18.6 Å². The van der Waals surface area contributed by atoms with Gasteiger partial charge in [-0.25, -0.2) is 0 Å². The molecular formula is C22H26N4O2. The monoisotopic (exact) mass is 378 g/mol. The number of nitrogens with zero attached hydrogens (tertiary/aromatic N) is 4. The van der Waals surface area contributed by atoms with Crippen molar-refractivity contribution < 1.29 is 9.59 Å². The minimum absolute atomic E-state index is 0.0378. The van der Waals surface area contributed by atoms with E-state index in [9.17, 15) is 14.9 Å². The van der Waals surface area contributed by atoms with Gasteiger partial charge in [-0.2, -0.15) is 5.26 Å². The fourth-order valence-electron chi connectivity index (χ4n) is 4.79. The van der Waals surface area contributed by atoms with Crippen LogP contribution >= 0.6 is 0 Å². The van der Waals surface area contributed by atoms with Crippen molar-refractivity contribution in [3.63, 3.8) is 0 Å². The Labute approximate surface area is 166 Å². The SMILES string of the molecule is CN1C(=C(C#N)C(=O)CCC(=O)N2CCC3(CCC3)C2)N(C)c2ccccc21. The maximum Gasteiger partial charge on any atom is 0.223 e. The predicted molar refractivity (Wildman–Crippen MR) is 108 cm³/mol. The average molecular weight is 378 g/mol. The number of fused-ring (bicyclic) bond motifs is 1. The van der Waals surface area contributed by atoms with Gasteiger partial charge < -0.3 is 14.7 Å². The molecule has 0 radical (unpaired) electrons. The number of rotatable bonds is 4. The van der Waals surface area contributed by atoms with Crippen molar-refractivity contribution in [2.24, 2.45) is 5.41 Å². The van der Waals surface area contributed by atoms with E-state index in [4.69, 9.17) is 0 Å². The lowest BCUT2D eigenvalue weighted by molar-refractivity contribution is -0.132. The average Bonchev–Trinajstić information content (AvgIpc) is 3.24. The molecule has 0 atom stereocenters. The Morgan fingerprint density at radius 2 is 1.71 bits per heavy atom. The molecule has 2 heterocycles. The Hall–Kier alpha value is -2.81. The summed E-state index contributed by atoms with van der Waals surface area (Å²) in [5.74, 6) is 0.349. The number of nitriles is 1. The molecule has 1 amide bonds. The molecule has 6 heteroatoms. The van der Waals surface area contributed by atoms with Gasteiger partial charge in [0.1, 0.15) is 17.5 Å². The molecule has 2 aliphatic heterocycles. The van der Waals surface area contributed by atoms with Crippen LogP contribution in [-0.2, 0) is 9.59 Å². The second kappa shape index (κ2) is 6.97. The van der Waals surface area contributed by atoms with Crippen molar-refractivity contribution >= 4 is 23.1 Å². The Balaban J connectivity index is 1.44. The molecular weight excluding hydrogens is 352 g/mol. The molecule has 1 aliphatic carbocycles. The number of hydrogen-bond acceptors (Lipinski definition) is 5. The van der Waals surface area contributed by atoms with Gasteiger partial charge >= 0.3 is 0 Å². The topological polar surface area (TPSA) is 67.6 Å². The lowest BCUT2D eigenvalue weighted by Crippen LogP contribution is -2.36. The van der Waals surface area contributed by atoms with Gasteiger partial charge in [-0.15, -0.1) is 0 Å². The van der Waals surface area contributed by atoms with Crippen molar-refractivity contribution in [2.75, 3.05) is 37.0 Å². The summed E-state index contributed by atoms with van der Waals surface area (Å²) >= 11 is 0. The standard InChI is InChI=1S/C22H26N4O2/c1-24-17-6-3-4-7-18(17)25(2)21(24)16(14-23)19(27)8-9-20(28)26-13-12-22(15-26)10-5-11-22/h3-4,6-7H,5,8-13,15H2,1-2H3.